The maximum absolute atomic E-state index is 13.6. The zero-order valence-corrected chi connectivity index (χ0v) is 28.4. The number of hydrogen-bond donors (Lipinski definition) is 10. The average Bonchev–Trinajstić information content (AvgIpc) is 3.00. The Kier molecular flexibility index (Phi) is 18.4. The zero-order valence-electron chi connectivity index (χ0n) is 27.5. The van der Waals surface area contributed by atoms with Crippen molar-refractivity contribution in [3.05, 3.63) is 0 Å². The van der Waals surface area contributed by atoms with Crippen LogP contribution in [0.1, 0.15) is 66.2 Å². The molecule has 5 atom stereocenters. The summed E-state index contributed by atoms with van der Waals surface area (Å²) in [5.74, 6) is -6.46. The summed E-state index contributed by atoms with van der Waals surface area (Å²) in [5.41, 5.74) is 10.9. The molecule has 18 heteroatoms. The normalized spacial score (nSPS) is 24.6. The minimum atomic E-state index is -1.31. The molecular formula is C29H51N9O8S. The third kappa shape index (κ3) is 15.5. The maximum Gasteiger partial charge on any atom is 0.243 e. The second-order valence-electron chi connectivity index (χ2n) is 12.1. The van der Waals surface area contributed by atoms with Gasteiger partial charge in [-0.2, -0.15) is 12.6 Å². The van der Waals surface area contributed by atoms with E-state index in [1.807, 2.05) is 13.8 Å². The Balaban J connectivity index is 3.51. The molecule has 0 bridgehead atoms. The molecule has 0 spiro atoms. The van der Waals surface area contributed by atoms with Crippen molar-refractivity contribution < 1.29 is 38.4 Å². The van der Waals surface area contributed by atoms with Crippen molar-refractivity contribution in [2.45, 2.75) is 96.4 Å². The molecule has 0 aromatic carbocycles. The first-order valence-corrected chi connectivity index (χ1v) is 16.4. The number of primary amides is 1. The van der Waals surface area contributed by atoms with Crippen molar-refractivity contribution in [3.63, 3.8) is 0 Å². The Morgan fingerprint density at radius 1 is 0.702 bits per heavy atom. The highest BCUT2D eigenvalue weighted by molar-refractivity contribution is 7.80. The molecule has 8 amide bonds. The minimum absolute atomic E-state index is 0.0645. The highest BCUT2D eigenvalue weighted by Crippen LogP contribution is 2.10. The number of rotatable bonds is 11. The van der Waals surface area contributed by atoms with Crippen LogP contribution in [0.15, 0.2) is 0 Å². The number of thiol groups is 1. The first kappa shape index (κ1) is 41.1. The van der Waals surface area contributed by atoms with E-state index in [4.69, 9.17) is 11.5 Å². The average molecular weight is 686 g/mol. The monoisotopic (exact) mass is 685 g/mol. The lowest BCUT2D eigenvalue weighted by molar-refractivity contribution is -0.135. The molecule has 1 aliphatic heterocycles. The summed E-state index contributed by atoms with van der Waals surface area (Å²) < 4.78 is 0. The lowest BCUT2D eigenvalue weighted by Gasteiger charge is -2.28. The van der Waals surface area contributed by atoms with Gasteiger partial charge in [-0.25, -0.2) is 0 Å². The van der Waals surface area contributed by atoms with E-state index in [1.54, 1.807) is 13.8 Å². The van der Waals surface area contributed by atoms with Gasteiger partial charge >= 0.3 is 0 Å². The minimum Gasteiger partial charge on any atom is -0.370 e. The van der Waals surface area contributed by atoms with Gasteiger partial charge in [0, 0.05) is 12.2 Å². The summed E-state index contributed by atoms with van der Waals surface area (Å²) >= 11 is 4.08. The fourth-order valence-corrected chi connectivity index (χ4v) is 4.86. The SMILES string of the molecule is CC(C)C[C@@H]1NC(=O)[C@H](CCCCN)NC(=O)[C@H](CCC(N)=O)NC(=O)CNC(=O)[C@H](CS)NC(=O)CNC(=O)[C@H](C(C)C)NC1=O. The second kappa shape index (κ2) is 21.0. The summed E-state index contributed by atoms with van der Waals surface area (Å²) in [7, 11) is 0. The third-order valence-corrected chi connectivity index (χ3v) is 7.54. The Morgan fingerprint density at radius 2 is 1.21 bits per heavy atom. The van der Waals surface area contributed by atoms with Crippen LogP contribution in [0.4, 0.5) is 0 Å². The Hall–Kier alpha value is -3.93. The molecule has 17 nitrogen and oxygen atoms in total. The van der Waals surface area contributed by atoms with E-state index in [1.165, 1.54) is 0 Å². The van der Waals surface area contributed by atoms with E-state index in [9.17, 15) is 38.4 Å². The molecule has 0 aliphatic carbocycles. The van der Waals surface area contributed by atoms with Crippen molar-refractivity contribution in [1.29, 1.82) is 0 Å². The first-order chi connectivity index (χ1) is 22.1. The van der Waals surface area contributed by atoms with Crippen molar-refractivity contribution in [2.24, 2.45) is 23.3 Å². The molecule has 0 radical (unpaired) electrons. The largest absolute Gasteiger partial charge is 0.370 e. The van der Waals surface area contributed by atoms with Crippen molar-refractivity contribution in [3.8, 4) is 0 Å². The van der Waals surface area contributed by atoms with Crippen LogP contribution in [0.5, 0.6) is 0 Å². The number of carbonyl (C=O) groups excluding carboxylic acids is 8. The van der Waals surface area contributed by atoms with Gasteiger partial charge in [-0.15, -0.1) is 0 Å². The van der Waals surface area contributed by atoms with Crippen LogP contribution in [0.3, 0.4) is 0 Å². The highest BCUT2D eigenvalue weighted by Gasteiger charge is 2.33. The molecule has 11 N–H and O–H groups in total. The fraction of sp³-hybridized carbons (Fsp3) is 0.724. The molecule has 0 aromatic rings. The summed E-state index contributed by atoms with van der Waals surface area (Å²) in [6, 6.07) is -5.83. The molecule has 0 saturated carbocycles. The van der Waals surface area contributed by atoms with Crippen LogP contribution in [-0.4, -0.2) is 103 Å². The van der Waals surface area contributed by atoms with E-state index in [-0.39, 0.29) is 37.4 Å². The summed E-state index contributed by atoms with van der Waals surface area (Å²) in [5, 5.41) is 17.6. The topological polar surface area (TPSA) is 273 Å². The quantitative estimate of drug-likeness (QED) is 0.0769. The predicted molar refractivity (Wildman–Crippen MR) is 175 cm³/mol. The first-order valence-electron chi connectivity index (χ1n) is 15.7. The van der Waals surface area contributed by atoms with Crippen LogP contribution < -0.4 is 48.7 Å². The number of hydrogen-bond acceptors (Lipinski definition) is 10. The lowest BCUT2D eigenvalue weighted by Crippen LogP contribution is -2.59. The fourth-order valence-electron chi connectivity index (χ4n) is 4.61. The van der Waals surface area contributed by atoms with Crippen LogP contribution in [0, 0.1) is 11.8 Å². The van der Waals surface area contributed by atoms with Gasteiger partial charge in [0.25, 0.3) is 0 Å². The van der Waals surface area contributed by atoms with Gasteiger partial charge in [-0.1, -0.05) is 27.7 Å². The van der Waals surface area contributed by atoms with Crippen molar-refractivity contribution in [2.75, 3.05) is 25.4 Å². The predicted octanol–water partition coefficient (Wildman–Crippen LogP) is -3.32. The van der Waals surface area contributed by atoms with E-state index in [2.05, 4.69) is 49.8 Å². The molecule has 1 rings (SSSR count). The number of amides is 8. The molecule has 1 saturated heterocycles. The molecular weight excluding hydrogens is 634 g/mol. The van der Waals surface area contributed by atoms with Crippen LogP contribution >= 0.6 is 12.6 Å². The summed E-state index contributed by atoms with van der Waals surface area (Å²) in [6.07, 6.45) is 0.827. The standard InChI is InChI=1S/C29H51N9O8S/c1-15(2)11-19-28(45)38-24(16(3)4)29(46)33-13-23(41)35-20(14-47)25(42)32-12-22(40)34-18(8-9-21(31)39)27(44)36-17(26(43)37-19)7-5-6-10-30/h15-20,24,47H,5-14,30H2,1-4H3,(H2,31,39)(H,32,42)(H,33,46)(H,34,40)(H,35,41)(H,36,44)(H,37,43)(H,38,45)/t17-,18-,19-,20-,24-/m0/s1. The number of unbranched alkanes of at least 4 members (excludes halogenated alkanes) is 1. The van der Waals surface area contributed by atoms with Crippen LogP contribution in [0.25, 0.3) is 0 Å². The summed E-state index contributed by atoms with van der Waals surface area (Å²) in [6.45, 7) is 6.27. The van der Waals surface area contributed by atoms with Gasteiger partial charge in [0.1, 0.15) is 30.2 Å². The smallest absolute Gasteiger partial charge is 0.243 e. The highest BCUT2D eigenvalue weighted by atomic mass is 32.1. The Bertz CT molecular complexity index is 1140. The summed E-state index contributed by atoms with van der Waals surface area (Å²) in [4.78, 5) is 103. The maximum atomic E-state index is 13.6. The van der Waals surface area contributed by atoms with E-state index in [0.717, 1.165) is 0 Å². The Labute approximate surface area is 280 Å². The number of nitrogens with two attached hydrogens (primary N) is 2. The third-order valence-electron chi connectivity index (χ3n) is 7.18. The van der Waals surface area contributed by atoms with Gasteiger partial charge in [0.2, 0.25) is 47.3 Å². The van der Waals surface area contributed by atoms with Crippen molar-refractivity contribution in [1.82, 2.24) is 37.2 Å². The van der Waals surface area contributed by atoms with Crippen LogP contribution in [0.2, 0.25) is 0 Å². The lowest BCUT2D eigenvalue weighted by atomic mass is 9.99. The number of nitrogens with one attached hydrogen (secondary N) is 7. The Morgan fingerprint density at radius 3 is 1.72 bits per heavy atom. The van der Waals surface area contributed by atoms with E-state index >= 15 is 0 Å². The van der Waals surface area contributed by atoms with Crippen molar-refractivity contribution >= 4 is 59.9 Å². The van der Waals surface area contributed by atoms with Gasteiger partial charge < -0.3 is 48.7 Å². The van der Waals surface area contributed by atoms with Gasteiger partial charge in [-0.05, 0) is 50.5 Å². The second-order valence-corrected chi connectivity index (χ2v) is 12.5. The zero-order chi connectivity index (χ0) is 35.7. The van der Waals surface area contributed by atoms with Gasteiger partial charge in [0.05, 0.1) is 13.1 Å². The molecule has 1 aliphatic rings. The molecule has 266 valence electrons. The molecule has 1 fully saturated rings. The molecule has 47 heavy (non-hydrogen) atoms. The molecule has 0 aromatic heterocycles. The van der Waals surface area contributed by atoms with Crippen LogP contribution in [-0.2, 0) is 38.4 Å². The number of carbonyl (C=O) groups is 8. The molecule has 0 unspecified atom stereocenters. The van der Waals surface area contributed by atoms with E-state index < -0.39 is 96.5 Å². The molecule has 1 heterocycles. The van der Waals surface area contributed by atoms with E-state index in [0.29, 0.717) is 19.4 Å². The van der Waals surface area contributed by atoms with Gasteiger partial charge in [-0.3, -0.25) is 38.4 Å². The van der Waals surface area contributed by atoms with Gasteiger partial charge in [0.15, 0.2) is 0 Å².